The number of thioether (sulfide) groups is 1. The second-order valence-corrected chi connectivity index (χ2v) is 5.83. The maximum Gasteiger partial charge on any atom is 0.157 e. The Balaban J connectivity index is 2.10. The van der Waals surface area contributed by atoms with Gasteiger partial charge < -0.3 is 9.47 Å². The van der Waals surface area contributed by atoms with Crippen LogP contribution in [0, 0.1) is 0 Å². The molecule has 0 aliphatic carbocycles. The molecule has 1 fully saturated rings. The Labute approximate surface area is 109 Å². The van der Waals surface area contributed by atoms with E-state index in [0.29, 0.717) is 18.6 Å². The first kappa shape index (κ1) is 15.0. The number of rotatable bonds is 8. The van der Waals surface area contributed by atoms with Gasteiger partial charge in [0.15, 0.2) is 6.29 Å². The van der Waals surface area contributed by atoms with E-state index in [4.69, 9.17) is 9.47 Å². The molecule has 1 aliphatic heterocycles. The van der Waals surface area contributed by atoms with Crippen LogP contribution >= 0.6 is 11.8 Å². The van der Waals surface area contributed by atoms with Crippen molar-refractivity contribution in [3.05, 3.63) is 0 Å². The van der Waals surface area contributed by atoms with E-state index in [1.54, 1.807) is 0 Å². The summed E-state index contributed by atoms with van der Waals surface area (Å²) in [6.45, 7) is 4.86. The van der Waals surface area contributed by atoms with Crippen LogP contribution < -0.4 is 0 Å². The van der Waals surface area contributed by atoms with Crippen LogP contribution in [0.3, 0.4) is 0 Å². The number of Topliss-reactive ketones (excluding diaryl/α,β-unsaturated/α-hetero) is 1. The lowest BCUT2D eigenvalue weighted by molar-refractivity contribution is -0.185. The minimum atomic E-state index is -0.0865. The third kappa shape index (κ3) is 7.06. The van der Waals surface area contributed by atoms with Gasteiger partial charge in [0.1, 0.15) is 5.78 Å². The SMILES string of the molecule is CCSCCC(=O)CC(C)OC1CCCCO1. The van der Waals surface area contributed by atoms with Gasteiger partial charge in [0.05, 0.1) is 6.10 Å². The van der Waals surface area contributed by atoms with Gasteiger partial charge in [-0.2, -0.15) is 11.8 Å². The largest absolute Gasteiger partial charge is 0.353 e. The van der Waals surface area contributed by atoms with Crippen LogP contribution in [0.25, 0.3) is 0 Å². The summed E-state index contributed by atoms with van der Waals surface area (Å²) in [5.74, 6) is 2.31. The van der Waals surface area contributed by atoms with Gasteiger partial charge in [-0.15, -0.1) is 0 Å². The van der Waals surface area contributed by atoms with Gasteiger partial charge >= 0.3 is 0 Å². The van der Waals surface area contributed by atoms with E-state index < -0.39 is 0 Å². The van der Waals surface area contributed by atoms with E-state index in [1.807, 2.05) is 18.7 Å². The molecule has 2 atom stereocenters. The van der Waals surface area contributed by atoms with Gasteiger partial charge in [0.25, 0.3) is 0 Å². The topological polar surface area (TPSA) is 35.5 Å². The molecule has 0 spiro atoms. The van der Waals surface area contributed by atoms with Gasteiger partial charge in [0, 0.05) is 25.2 Å². The third-order valence-electron chi connectivity index (χ3n) is 2.77. The number of carbonyl (C=O) groups is 1. The summed E-state index contributed by atoms with van der Waals surface area (Å²) in [5, 5.41) is 0. The van der Waals surface area contributed by atoms with Crippen LogP contribution in [-0.4, -0.2) is 36.3 Å². The monoisotopic (exact) mass is 260 g/mol. The number of hydrogen-bond donors (Lipinski definition) is 0. The van der Waals surface area contributed by atoms with Crippen LogP contribution in [0.15, 0.2) is 0 Å². The summed E-state index contributed by atoms with van der Waals surface area (Å²) in [6.07, 6.45) is 4.33. The molecule has 1 aliphatic rings. The summed E-state index contributed by atoms with van der Waals surface area (Å²) >= 11 is 1.81. The molecule has 0 amide bonds. The van der Waals surface area contributed by atoms with E-state index in [2.05, 4.69) is 6.92 Å². The quantitative estimate of drug-likeness (QED) is 0.628. The van der Waals surface area contributed by atoms with Crippen LogP contribution in [-0.2, 0) is 14.3 Å². The average molecular weight is 260 g/mol. The Morgan fingerprint density at radius 1 is 1.53 bits per heavy atom. The lowest BCUT2D eigenvalue weighted by Gasteiger charge is -2.25. The van der Waals surface area contributed by atoms with Gasteiger partial charge in [-0.25, -0.2) is 0 Å². The van der Waals surface area contributed by atoms with Crippen molar-refractivity contribution in [1.29, 1.82) is 0 Å². The Hall–Kier alpha value is -0.0600. The molecule has 1 saturated heterocycles. The average Bonchev–Trinajstić information content (AvgIpc) is 2.30. The van der Waals surface area contributed by atoms with Crippen molar-refractivity contribution in [3.63, 3.8) is 0 Å². The van der Waals surface area contributed by atoms with Gasteiger partial charge in [-0.3, -0.25) is 4.79 Å². The molecule has 2 unspecified atom stereocenters. The molecule has 0 N–H and O–H groups in total. The predicted octanol–water partition coefficient (Wildman–Crippen LogP) is 3.02. The highest BCUT2D eigenvalue weighted by molar-refractivity contribution is 7.99. The molecule has 0 bridgehead atoms. The van der Waals surface area contributed by atoms with Crippen LogP contribution in [0.1, 0.15) is 46.0 Å². The summed E-state index contributed by atoms with van der Waals surface area (Å²) in [6, 6.07) is 0. The summed E-state index contributed by atoms with van der Waals surface area (Å²) < 4.78 is 11.2. The predicted molar refractivity (Wildman–Crippen MR) is 71.4 cm³/mol. The normalized spacial score (nSPS) is 22.4. The van der Waals surface area contributed by atoms with Crippen molar-refractivity contribution in [2.24, 2.45) is 0 Å². The van der Waals surface area contributed by atoms with Crippen LogP contribution in [0.2, 0.25) is 0 Å². The number of ether oxygens (including phenoxy) is 2. The van der Waals surface area contributed by atoms with Crippen LogP contribution in [0.5, 0.6) is 0 Å². The highest BCUT2D eigenvalue weighted by atomic mass is 32.2. The smallest absolute Gasteiger partial charge is 0.157 e. The van der Waals surface area contributed by atoms with Gasteiger partial charge in [-0.1, -0.05) is 6.92 Å². The summed E-state index contributed by atoms with van der Waals surface area (Å²) in [7, 11) is 0. The van der Waals surface area contributed by atoms with E-state index in [1.165, 1.54) is 6.42 Å². The lowest BCUT2D eigenvalue weighted by atomic mass is 10.1. The summed E-state index contributed by atoms with van der Waals surface area (Å²) in [5.41, 5.74) is 0. The maximum absolute atomic E-state index is 11.6. The molecule has 1 rings (SSSR count). The molecule has 0 radical (unpaired) electrons. The zero-order valence-corrected chi connectivity index (χ0v) is 11.8. The Bertz CT molecular complexity index is 215. The molecule has 17 heavy (non-hydrogen) atoms. The fourth-order valence-corrected chi connectivity index (χ4v) is 2.54. The van der Waals surface area contributed by atoms with Crippen LogP contribution in [0.4, 0.5) is 0 Å². The number of ketones is 1. The zero-order valence-electron chi connectivity index (χ0n) is 10.9. The molecular formula is C13H24O3S. The van der Waals surface area contributed by atoms with E-state index in [9.17, 15) is 4.79 Å². The van der Waals surface area contributed by atoms with E-state index >= 15 is 0 Å². The molecule has 0 saturated carbocycles. The summed E-state index contributed by atoms with van der Waals surface area (Å²) in [4.78, 5) is 11.6. The molecule has 1 heterocycles. The molecule has 4 heteroatoms. The number of hydrogen-bond acceptors (Lipinski definition) is 4. The van der Waals surface area contributed by atoms with Crippen molar-refractivity contribution in [2.45, 2.75) is 58.3 Å². The Kier molecular flexibility index (Phi) is 7.90. The fourth-order valence-electron chi connectivity index (χ4n) is 1.88. The minimum absolute atomic E-state index is 0.0165. The van der Waals surface area contributed by atoms with Crippen molar-refractivity contribution in [1.82, 2.24) is 0 Å². The second-order valence-electron chi connectivity index (χ2n) is 4.43. The maximum atomic E-state index is 11.6. The Morgan fingerprint density at radius 3 is 3.00 bits per heavy atom. The molecule has 0 aromatic heterocycles. The van der Waals surface area contributed by atoms with Crippen molar-refractivity contribution >= 4 is 17.5 Å². The highest BCUT2D eigenvalue weighted by Gasteiger charge is 2.18. The third-order valence-corrected chi connectivity index (χ3v) is 3.67. The minimum Gasteiger partial charge on any atom is -0.353 e. The standard InChI is InChI=1S/C13H24O3S/c1-3-17-9-7-12(14)10-11(2)16-13-6-4-5-8-15-13/h11,13H,3-10H2,1-2H3. The van der Waals surface area contributed by atoms with E-state index in [0.717, 1.165) is 31.0 Å². The zero-order chi connectivity index (χ0) is 12.5. The first-order valence-corrected chi connectivity index (χ1v) is 7.74. The second kappa shape index (κ2) is 8.95. The fraction of sp³-hybridized carbons (Fsp3) is 0.923. The first-order valence-electron chi connectivity index (χ1n) is 6.59. The molecular weight excluding hydrogens is 236 g/mol. The molecule has 0 aromatic rings. The molecule has 100 valence electrons. The van der Waals surface area contributed by atoms with Crippen molar-refractivity contribution in [2.75, 3.05) is 18.1 Å². The van der Waals surface area contributed by atoms with Gasteiger partial charge in [-0.05, 0) is 31.9 Å². The van der Waals surface area contributed by atoms with E-state index in [-0.39, 0.29) is 12.4 Å². The lowest BCUT2D eigenvalue weighted by Crippen LogP contribution is -2.27. The van der Waals surface area contributed by atoms with Crippen molar-refractivity contribution in [3.8, 4) is 0 Å². The highest BCUT2D eigenvalue weighted by Crippen LogP contribution is 2.17. The number of carbonyl (C=O) groups excluding carboxylic acids is 1. The molecule has 3 nitrogen and oxygen atoms in total. The van der Waals surface area contributed by atoms with Crippen molar-refractivity contribution < 1.29 is 14.3 Å². The first-order chi connectivity index (χ1) is 8.22. The Morgan fingerprint density at radius 2 is 2.35 bits per heavy atom. The van der Waals surface area contributed by atoms with Gasteiger partial charge in [0.2, 0.25) is 0 Å². The molecule has 0 aromatic carbocycles.